The lowest BCUT2D eigenvalue weighted by Crippen LogP contribution is -2.47. The Hall–Kier alpha value is -1.10. The lowest BCUT2D eigenvalue weighted by atomic mass is 10.2. The van der Waals surface area contributed by atoms with E-state index >= 15 is 0 Å². The van der Waals surface area contributed by atoms with Crippen LogP contribution in [-0.4, -0.2) is 49.4 Å². The van der Waals surface area contributed by atoms with Crippen molar-refractivity contribution in [2.45, 2.75) is 33.2 Å². The van der Waals surface area contributed by atoms with Gasteiger partial charge in [-0.2, -0.15) is 0 Å². The Labute approximate surface area is 97.6 Å². The molecule has 0 radical (unpaired) electrons. The summed E-state index contributed by atoms with van der Waals surface area (Å²) in [5.74, 6) is -0.120. The second-order valence-electron chi connectivity index (χ2n) is 3.65. The number of amides is 2. The van der Waals surface area contributed by atoms with Crippen molar-refractivity contribution in [3.05, 3.63) is 0 Å². The SMILES string of the molecule is CCN(CC)C(=O)C(C)NC(=O)CCNC. The quantitative estimate of drug-likeness (QED) is 0.644. The van der Waals surface area contributed by atoms with Crippen LogP contribution in [0.2, 0.25) is 0 Å². The lowest BCUT2D eigenvalue weighted by Gasteiger charge is -2.23. The minimum Gasteiger partial charge on any atom is -0.345 e. The summed E-state index contributed by atoms with van der Waals surface area (Å²) in [5.41, 5.74) is 0. The molecule has 94 valence electrons. The largest absolute Gasteiger partial charge is 0.345 e. The van der Waals surface area contributed by atoms with Crippen LogP contribution >= 0.6 is 0 Å². The molecular formula is C11H23N3O2. The molecule has 0 saturated heterocycles. The average molecular weight is 229 g/mol. The monoisotopic (exact) mass is 229 g/mol. The number of nitrogens with zero attached hydrogens (tertiary/aromatic N) is 1. The first-order valence-electron chi connectivity index (χ1n) is 5.79. The number of nitrogens with one attached hydrogen (secondary N) is 2. The molecule has 0 spiro atoms. The molecular weight excluding hydrogens is 206 g/mol. The Morgan fingerprint density at radius 2 is 1.81 bits per heavy atom. The zero-order valence-corrected chi connectivity index (χ0v) is 10.7. The topological polar surface area (TPSA) is 61.4 Å². The molecule has 0 aliphatic rings. The Bertz CT molecular complexity index is 227. The van der Waals surface area contributed by atoms with E-state index in [9.17, 15) is 9.59 Å². The number of likely N-dealkylation sites (N-methyl/N-ethyl adjacent to an activating group) is 1. The van der Waals surface area contributed by atoms with Gasteiger partial charge in [0.15, 0.2) is 0 Å². The zero-order chi connectivity index (χ0) is 12.6. The van der Waals surface area contributed by atoms with Crippen molar-refractivity contribution in [2.75, 3.05) is 26.7 Å². The van der Waals surface area contributed by atoms with Gasteiger partial charge < -0.3 is 15.5 Å². The lowest BCUT2D eigenvalue weighted by molar-refractivity contribution is -0.135. The third-order valence-electron chi connectivity index (χ3n) is 2.43. The third-order valence-corrected chi connectivity index (χ3v) is 2.43. The minimum atomic E-state index is -0.441. The van der Waals surface area contributed by atoms with Crippen LogP contribution < -0.4 is 10.6 Å². The van der Waals surface area contributed by atoms with E-state index in [1.807, 2.05) is 13.8 Å². The molecule has 2 N–H and O–H groups in total. The molecule has 2 amide bonds. The molecule has 0 saturated carbocycles. The molecule has 0 aliphatic heterocycles. The summed E-state index contributed by atoms with van der Waals surface area (Å²) in [5, 5.41) is 5.58. The number of hydrogen-bond donors (Lipinski definition) is 2. The van der Waals surface area contributed by atoms with Crippen molar-refractivity contribution in [3.8, 4) is 0 Å². The summed E-state index contributed by atoms with van der Waals surface area (Å²) < 4.78 is 0. The normalized spacial score (nSPS) is 12.0. The number of hydrogen-bond acceptors (Lipinski definition) is 3. The molecule has 5 nitrogen and oxygen atoms in total. The summed E-state index contributed by atoms with van der Waals surface area (Å²) in [6.45, 7) is 7.54. The summed E-state index contributed by atoms with van der Waals surface area (Å²) in [7, 11) is 1.79. The van der Waals surface area contributed by atoms with Crippen molar-refractivity contribution in [2.24, 2.45) is 0 Å². The maximum absolute atomic E-state index is 11.8. The third kappa shape index (κ3) is 5.11. The fourth-order valence-corrected chi connectivity index (χ4v) is 1.42. The molecule has 1 unspecified atom stereocenters. The molecule has 5 heteroatoms. The molecule has 0 aromatic heterocycles. The molecule has 1 atom stereocenters. The summed E-state index contributed by atoms with van der Waals surface area (Å²) in [4.78, 5) is 24.9. The molecule has 0 bridgehead atoms. The molecule has 16 heavy (non-hydrogen) atoms. The van der Waals surface area contributed by atoms with Gasteiger partial charge >= 0.3 is 0 Å². The number of carbonyl (C=O) groups excluding carboxylic acids is 2. The molecule has 0 aromatic rings. The fourth-order valence-electron chi connectivity index (χ4n) is 1.42. The van der Waals surface area contributed by atoms with Crippen LogP contribution in [0.5, 0.6) is 0 Å². The molecule has 0 aliphatic carbocycles. The van der Waals surface area contributed by atoms with Crippen LogP contribution in [0.4, 0.5) is 0 Å². The van der Waals surface area contributed by atoms with E-state index in [4.69, 9.17) is 0 Å². The summed E-state index contributed by atoms with van der Waals surface area (Å²) in [6, 6.07) is -0.441. The maximum Gasteiger partial charge on any atom is 0.244 e. The Kier molecular flexibility index (Phi) is 7.54. The maximum atomic E-state index is 11.8. The Morgan fingerprint density at radius 3 is 2.25 bits per heavy atom. The van der Waals surface area contributed by atoms with Crippen molar-refractivity contribution >= 4 is 11.8 Å². The first kappa shape index (κ1) is 14.9. The van der Waals surface area contributed by atoms with Crippen LogP contribution in [0.1, 0.15) is 27.2 Å². The highest BCUT2D eigenvalue weighted by Crippen LogP contribution is 1.95. The van der Waals surface area contributed by atoms with E-state index in [2.05, 4.69) is 10.6 Å². The zero-order valence-electron chi connectivity index (χ0n) is 10.7. The van der Waals surface area contributed by atoms with Gasteiger partial charge in [0.25, 0.3) is 0 Å². The van der Waals surface area contributed by atoms with E-state index < -0.39 is 6.04 Å². The summed E-state index contributed by atoms with van der Waals surface area (Å²) in [6.07, 6.45) is 0.395. The number of rotatable bonds is 7. The van der Waals surface area contributed by atoms with Crippen molar-refractivity contribution in [1.82, 2.24) is 15.5 Å². The van der Waals surface area contributed by atoms with Gasteiger partial charge in [-0.15, -0.1) is 0 Å². The number of carbonyl (C=O) groups is 2. The average Bonchev–Trinajstić information content (AvgIpc) is 2.27. The van der Waals surface area contributed by atoms with Gasteiger partial charge in [-0.3, -0.25) is 9.59 Å². The predicted molar refractivity (Wildman–Crippen MR) is 64.1 cm³/mol. The van der Waals surface area contributed by atoms with Crippen LogP contribution in [0.25, 0.3) is 0 Å². The van der Waals surface area contributed by atoms with E-state index in [-0.39, 0.29) is 11.8 Å². The predicted octanol–water partition coefficient (Wildman–Crippen LogP) is -0.0310. The standard InChI is InChI=1S/C11H23N3O2/c1-5-14(6-2)11(16)9(3)13-10(15)7-8-12-4/h9,12H,5-8H2,1-4H3,(H,13,15). The van der Waals surface area contributed by atoms with Gasteiger partial charge in [0, 0.05) is 26.1 Å². The highest BCUT2D eigenvalue weighted by molar-refractivity contribution is 5.87. The smallest absolute Gasteiger partial charge is 0.244 e. The first-order valence-corrected chi connectivity index (χ1v) is 5.79. The van der Waals surface area contributed by atoms with Gasteiger partial charge in [0.05, 0.1) is 0 Å². The van der Waals surface area contributed by atoms with Gasteiger partial charge in [-0.1, -0.05) is 0 Å². The second kappa shape index (κ2) is 8.10. The van der Waals surface area contributed by atoms with E-state index in [1.54, 1.807) is 18.9 Å². The molecule has 0 heterocycles. The van der Waals surface area contributed by atoms with Gasteiger partial charge in [-0.25, -0.2) is 0 Å². The molecule has 0 rings (SSSR count). The van der Waals surface area contributed by atoms with Gasteiger partial charge in [0.2, 0.25) is 11.8 Å². The molecule has 0 fully saturated rings. The molecule has 0 aromatic carbocycles. The van der Waals surface area contributed by atoms with Crippen molar-refractivity contribution in [1.29, 1.82) is 0 Å². The first-order chi connectivity index (χ1) is 7.56. The Balaban J connectivity index is 4.08. The summed E-state index contributed by atoms with van der Waals surface area (Å²) >= 11 is 0. The highest BCUT2D eigenvalue weighted by atomic mass is 16.2. The van der Waals surface area contributed by atoms with Crippen LogP contribution in [-0.2, 0) is 9.59 Å². The van der Waals surface area contributed by atoms with Crippen molar-refractivity contribution in [3.63, 3.8) is 0 Å². The highest BCUT2D eigenvalue weighted by Gasteiger charge is 2.19. The fraction of sp³-hybridized carbons (Fsp3) is 0.818. The van der Waals surface area contributed by atoms with Gasteiger partial charge in [-0.05, 0) is 27.8 Å². The van der Waals surface area contributed by atoms with E-state index in [0.29, 0.717) is 26.1 Å². The van der Waals surface area contributed by atoms with Crippen LogP contribution in [0.3, 0.4) is 0 Å². The van der Waals surface area contributed by atoms with Crippen LogP contribution in [0, 0.1) is 0 Å². The van der Waals surface area contributed by atoms with Crippen molar-refractivity contribution < 1.29 is 9.59 Å². The minimum absolute atomic E-state index is 0.0252. The van der Waals surface area contributed by atoms with E-state index in [0.717, 1.165) is 0 Å². The Morgan fingerprint density at radius 1 is 1.25 bits per heavy atom. The second-order valence-corrected chi connectivity index (χ2v) is 3.65. The van der Waals surface area contributed by atoms with Crippen LogP contribution in [0.15, 0.2) is 0 Å². The van der Waals surface area contributed by atoms with Gasteiger partial charge in [0.1, 0.15) is 6.04 Å². The van der Waals surface area contributed by atoms with E-state index in [1.165, 1.54) is 0 Å².